The highest BCUT2D eigenvalue weighted by Crippen LogP contribution is 2.23. The Labute approximate surface area is 176 Å². The van der Waals surface area contributed by atoms with Crippen molar-refractivity contribution in [2.24, 2.45) is 4.99 Å². The molecule has 0 aliphatic carbocycles. The quantitative estimate of drug-likeness (QED) is 0.708. The Morgan fingerprint density at radius 1 is 1.21 bits per heavy atom. The van der Waals surface area contributed by atoms with Crippen molar-refractivity contribution < 1.29 is 14.2 Å². The summed E-state index contributed by atoms with van der Waals surface area (Å²) in [4.78, 5) is 35.4. The summed E-state index contributed by atoms with van der Waals surface area (Å²) in [7, 11) is 3.21. The molecule has 2 unspecified atom stereocenters. The molecule has 0 bridgehead atoms. The number of rotatable bonds is 4. The first-order valence-corrected chi connectivity index (χ1v) is 10.5. The summed E-state index contributed by atoms with van der Waals surface area (Å²) in [5.74, 6) is 1.11. The van der Waals surface area contributed by atoms with E-state index in [9.17, 15) is 9.59 Å². The van der Waals surface area contributed by atoms with Crippen LogP contribution in [0.2, 0.25) is 5.02 Å². The maximum Gasteiger partial charge on any atom is 0.333 e. The van der Waals surface area contributed by atoms with Gasteiger partial charge in [-0.3, -0.25) is 19.5 Å². The van der Waals surface area contributed by atoms with Crippen molar-refractivity contribution in [3.8, 4) is 0 Å². The topological polar surface area (TPSA) is 59.2 Å². The van der Waals surface area contributed by atoms with Crippen molar-refractivity contribution in [2.75, 3.05) is 27.2 Å². The molecule has 7 nitrogen and oxygen atoms in total. The molecule has 154 valence electrons. The Morgan fingerprint density at radius 2 is 2.00 bits per heavy atom. The molecule has 2 atom stereocenters. The van der Waals surface area contributed by atoms with E-state index in [2.05, 4.69) is 11.8 Å². The van der Waals surface area contributed by atoms with Crippen LogP contribution in [0.25, 0.3) is 0 Å². The van der Waals surface area contributed by atoms with Gasteiger partial charge in [0.15, 0.2) is 0 Å². The molecule has 1 aromatic rings. The van der Waals surface area contributed by atoms with Crippen molar-refractivity contribution in [1.82, 2.24) is 14.7 Å². The van der Waals surface area contributed by atoms with Gasteiger partial charge in [-0.25, -0.2) is 9.37 Å². The predicted molar refractivity (Wildman–Crippen MR) is 112 cm³/mol. The molecular weight excluding hydrogens is 390 g/mol. The third-order valence-corrected chi connectivity index (χ3v) is 6.38. The van der Waals surface area contributed by atoms with Gasteiger partial charge in [0.05, 0.1) is 0 Å². The lowest BCUT2D eigenvalue weighted by atomic mass is 10.0. The van der Waals surface area contributed by atoms with Crippen LogP contribution in [-0.2, 0) is 11.3 Å². The number of hydrogen-bond acceptors (Lipinski definition) is 4. The average molecular weight is 417 g/mol. The van der Waals surface area contributed by atoms with Crippen LogP contribution in [0.1, 0.15) is 31.7 Å². The number of likely N-dealkylation sites (N-methyl/N-ethyl adjacent to an activating group) is 2. The van der Waals surface area contributed by atoms with Crippen LogP contribution >= 0.6 is 11.6 Å². The highest BCUT2D eigenvalue weighted by molar-refractivity contribution is 6.30. The van der Waals surface area contributed by atoms with E-state index in [0.29, 0.717) is 30.0 Å². The summed E-state index contributed by atoms with van der Waals surface area (Å²) in [6, 6.07) is 7.20. The zero-order valence-corrected chi connectivity index (χ0v) is 17.9. The standard InChI is InChI=1S/C21H27ClN5O2/c1-14-7-4-5-10-26(14)13-17-23-19-18(20(28)25(3)21(29)24(19)2)27(17)12-15-8-6-9-16(22)11-15/h6,8-9,11,14,18H,4-5,7,10,12-13H2,1-3H3/q+1. The van der Waals surface area contributed by atoms with Gasteiger partial charge < -0.3 is 0 Å². The molecule has 2 fully saturated rings. The average Bonchev–Trinajstić information content (AvgIpc) is 3.05. The minimum Gasteiger partial charge on any atom is -0.289 e. The molecule has 4 rings (SSSR count). The van der Waals surface area contributed by atoms with Crippen LogP contribution in [0.4, 0.5) is 4.79 Å². The second-order valence-electron chi connectivity index (χ2n) is 8.10. The largest absolute Gasteiger partial charge is 0.333 e. The third kappa shape index (κ3) is 3.69. The number of piperidine rings is 1. The molecule has 0 radical (unpaired) electrons. The number of hydrogen-bond donors (Lipinski definition) is 0. The number of nitrogens with zero attached hydrogens (tertiary/aromatic N) is 5. The molecule has 3 amide bonds. The molecule has 3 aliphatic rings. The van der Waals surface area contributed by atoms with Crippen molar-refractivity contribution in [2.45, 2.75) is 44.8 Å². The minimum atomic E-state index is -0.586. The number of imide groups is 1. The lowest BCUT2D eigenvalue weighted by Gasteiger charge is -2.32. The number of amides is 3. The molecule has 2 saturated heterocycles. The lowest BCUT2D eigenvalue weighted by Crippen LogP contribution is -2.61. The number of likely N-dealkylation sites (tertiary alicyclic amines) is 1. The number of amidine groups is 2. The van der Waals surface area contributed by atoms with E-state index in [0.717, 1.165) is 17.9 Å². The molecule has 0 N–H and O–H groups in total. The number of aliphatic imine (C=N–C) groups is 1. The molecule has 29 heavy (non-hydrogen) atoms. The Balaban J connectivity index is 1.72. The third-order valence-electron chi connectivity index (χ3n) is 6.14. The van der Waals surface area contributed by atoms with Gasteiger partial charge >= 0.3 is 11.9 Å². The normalized spacial score (nSPS) is 25.6. The minimum absolute atomic E-state index is 0.240. The van der Waals surface area contributed by atoms with Gasteiger partial charge in [-0.05, 0) is 49.0 Å². The van der Waals surface area contributed by atoms with E-state index in [1.54, 1.807) is 7.05 Å². The van der Waals surface area contributed by atoms with E-state index >= 15 is 0 Å². The smallest absolute Gasteiger partial charge is 0.289 e. The second kappa shape index (κ2) is 7.88. The molecule has 3 aliphatic heterocycles. The van der Waals surface area contributed by atoms with Crippen molar-refractivity contribution in [3.05, 3.63) is 34.9 Å². The van der Waals surface area contributed by atoms with Gasteiger partial charge in [0, 0.05) is 25.2 Å². The Morgan fingerprint density at radius 3 is 2.72 bits per heavy atom. The van der Waals surface area contributed by atoms with Crippen molar-refractivity contribution in [1.29, 1.82) is 0 Å². The molecule has 1 aromatic carbocycles. The van der Waals surface area contributed by atoms with Crippen molar-refractivity contribution in [3.63, 3.8) is 0 Å². The molecule has 0 saturated carbocycles. The highest BCUT2D eigenvalue weighted by Gasteiger charge is 2.53. The highest BCUT2D eigenvalue weighted by atomic mass is 35.5. The van der Waals surface area contributed by atoms with Gasteiger partial charge in [0.25, 0.3) is 17.8 Å². The Bertz CT molecular complexity index is 912. The summed E-state index contributed by atoms with van der Waals surface area (Å²) in [5, 5.41) is 0.661. The van der Waals surface area contributed by atoms with E-state index in [1.165, 1.54) is 36.1 Å². The van der Waals surface area contributed by atoms with Crippen LogP contribution in [0, 0.1) is 0 Å². The van der Waals surface area contributed by atoms with Gasteiger partial charge in [0.2, 0.25) is 0 Å². The summed E-state index contributed by atoms with van der Waals surface area (Å²) in [6.45, 7) is 4.44. The second-order valence-corrected chi connectivity index (χ2v) is 8.54. The van der Waals surface area contributed by atoms with Crippen molar-refractivity contribution >= 4 is 35.2 Å². The Hall–Kier alpha value is -2.25. The zero-order valence-electron chi connectivity index (χ0n) is 17.1. The summed E-state index contributed by atoms with van der Waals surface area (Å²) in [5.41, 5.74) is 1.01. The van der Waals surface area contributed by atoms with E-state index in [-0.39, 0.29) is 11.9 Å². The van der Waals surface area contributed by atoms with E-state index in [1.807, 2.05) is 28.8 Å². The van der Waals surface area contributed by atoms with E-state index in [4.69, 9.17) is 16.6 Å². The van der Waals surface area contributed by atoms with Gasteiger partial charge in [0.1, 0.15) is 13.1 Å². The van der Waals surface area contributed by atoms with Crippen LogP contribution in [0.3, 0.4) is 0 Å². The fourth-order valence-electron chi connectivity index (χ4n) is 4.36. The fourth-order valence-corrected chi connectivity index (χ4v) is 4.58. The maximum atomic E-state index is 13.0. The first-order valence-electron chi connectivity index (χ1n) is 10.1. The number of halogens is 1. The first kappa shape index (κ1) is 20.0. The number of benzene rings is 1. The van der Waals surface area contributed by atoms with Crippen LogP contribution in [0.5, 0.6) is 0 Å². The SMILES string of the molecule is CC1CCCCN1CC1=[N+](Cc2cccc(Cl)c2)C2C(=O)N(C)C(=O)N(C)C2=N1. The number of urea groups is 1. The summed E-state index contributed by atoms with van der Waals surface area (Å²) < 4.78 is 2.03. The van der Waals surface area contributed by atoms with Crippen LogP contribution in [0.15, 0.2) is 29.3 Å². The molecule has 0 spiro atoms. The number of carbonyl (C=O) groups is 2. The number of carbonyl (C=O) groups excluding carboxylic acids is 2. The first-order chi connectivity index (χ1) is 13.9. The van der Waals surface area contributed by atoms with Crippen LogP contribution in [-0.4, -0.2) is 82.2 Å². The molecule has 0 aromatic heterocycles. The monoisotopic (exact) mass is 416 g/mol. The Kier molecular flexibility index (Phi) is 5.44. The summed E-state index contributed by atoms with van der Waals surface area (Å²) in [6.07, 6.45) is 3.59. The van der Waals surface area contributed by atoms with Gasteiger partial charge in [-0.15, -0.1) is 0 Å². The predicted octanol–water partition coefficient (Wildman–Crippen LogP) is 2.43. The summed E-state index contributed by atoms with van der Waals surface area (Å²) >= 11 is 6.18. The van der Waals surface area contributed by atoms with Gasteiger partial charge in [-0.2, -0.15) is 0 Å². The van der Waals surface area contributed by atoms with Gasteiger partial charge in [-0.1, -0.05) is 30.2 Å². The number of fused-ring (bicyclic) bond motifs is 1. The zero-order chi connectivity index (χ0) is 20.7. The molecular formula is C21H27ClN5O2+. The fraction of sp³-hybridized carbons (Fsp3) is 0.524. The molecule has 8 heteroatoms. The molecule has 3 heterocycles. The maximum absolute atomic E-state index is 13.0. The van der Waals surface area contributed by atoms with Crippen LogP contribution < -0.4 is 0 Å². The van der Waals surface area contributed by atoms with E-state index < -0.39 is 6.04 Å². The lowest BCUT2D eigenvalue weighted by molar-refractivity contribution is -0.552.